The molecule has 3 rings (SSSR count). The highest BCUT2D eigenvalue weighted by Crippen LogP contribution is 2.26. The second kappa shape index (κ2) is 5.68. The molecule has 98 valence electrons. The van der Waals surface area contributed by atoms with E-state index in [9.17, 15) is 0 Å². The van der Waals surface area contributed by atoms with E-state index in [1.165, 1.54) is 71.2 Å². The smallest absolute Gasteiger partial charge is 0.0707 e. The molecule has 3 saturated heterocycles. The molecule has 3 fully saturated rings. The van der Waals surface area contributed by atoms with Gasteiger partial charge in [0, 0.05) is 13.1 Å². The van der Waals surface area contributed by atoms with Crippen LogP contribution in [0.2, 0.25) is 0 Å². The maximum absolute atomic E-state index is 5.87. The molecule has 0 saturated carbocycles. The fourth-order valence-electron chi connectivity index (χ4n) is 3.66. The van der Waals surface area contributed by atoms with Crippen LogP contribution in [0.5, 0.6) is 0 Å². The molecule has 0 aromatic heterocycles. The standard InChI is InChI=1S/C14H26N2O/c1-3-12(9-15-7-1)4-2-8-16-10-13-5-6-14(11-16)17-13/h12-15H,1-11H2. The summed E-state index contributed by atoms with van der Waals surface area (Å²) in [7, 11) is 0. The van der Waals surface area contributed by atoms with Crippen LogP contribution in [0.3, 0.4) is 0 Å². The predicted octanol–water partition coefficient (Wildman–Crippen LogP) is 1.63. The third kappa shape index (κ3) is 3.21. The molecule has 0 aromatic carbocycles. The number of nitrogens with zero attached hydrogens (tertiary/aromatic N) is 1. The van der Waals surface area contributed by atoms with Crippen molar-refractivity contribution in [2.45, 2.75) is 50.7 Å². The number of morpholine rings is 1. The van der Waals surface area contributed by atoms with Gasteiger partial charge in [-0.1, -0.05) is 0 Å². The molecule has 3 aliphatic heterocycles. The number of fused-ring (bicyclic) bond motifs is 2. The fraction of sp³-hybridized carbons (Fsp3) is 1.00. The molecule has 0 aromatic rings. The van der Waals surface area contributed by atoms with Crippen LogP contribution in [-0.4, -0.2) is 49.8 Å². The molecule has 0 aliphatic carbocycles. The van der Waals surface area contributed by atoms with Crippen molar-refractivity contribution in [3.8, 4) is 0 Å². The maximum atomic E-state index is 5.87. The average Bonchev–Trinajstić information content (AvgIpc) is 2.70. The molecule has 1 N–H and O–H groups in total. The number of piperidine rings is 1. The number of hydrogen-bond acceptors (Lipinski definition) is 3. The first-order chi connectivity index (χ1) is 8.40. The summed E-state index contributed by atoms with van der Waals surface area (Å²) in [5, 5.41) is 3.51. The topological polar surface area (TPSA) is 24.5 Å². The van der Waals surface area contributed by atoms with Crippen molar-refractivity contribution in [2.24, 2.45) is 5.92 Å². The summed E-state index contributed by atoms with van der Waals surface area (Å²) in [5.41, 5.74) is 0. The molecule has 0 amide bonds. The Balaban J connectivity index is 1.34. The van der Waals surface area contributed by atoms with Gasteiger partial charge < -0.3 is 10.1 Å². The molecule has 3 heterocycles. The van der Waals surface area contributed by atoms with Gasteiger partial charge >= 0.3 is 0 Å². The largest absolute Gasteiger partial charge is 0.372 e. The zero-order valence-corrected chi connectivity index (χ0v) is 10.9. The molecule has 3 nitrogen and oxygen atoms in total. The Labute approximate surface area is 105 Å². The van der Waals surface area contributed by atoms with Crippen LogP contribution < -0.4 is 5.32 Å². The first kappa shape index (κ1) is 11.9. The van der Waals surface area contributed by atoms with E-state index in [4.69, 9.17) is 4.74 Å². The number of hydrogen-bond donors (Lipinski definition) is 1. The monoisotopic (exact) mass is 238 g/mol. The van der Waals surface area contributed by atoms with Crippen LogP contribution in [0.15, 0.2) is 0 Å². The predicted molar refractivity (Wildman–Crippen MR) is 69.2 cm³/mol. The van der Waals surface area contributed by atoms with Crippen LogP contribution in [0.1, 0.15) is 38.5 Å². The minimum Gasteiger partial charge on any atom is -0.372 e. The van der Waals surface area contributed by atoms with E-state index in [-0.39, 0.29) is 0 Å². The van der Waals surface area contributed by atoms with Crippen molar-refractivity contribution in [3.05, 3.63) is 0 Å². The second-order valence-electron chi connectivity index (χ2n) is 6.07. The summed E-state index contributed by atoms with van der Waals surface area (Å²) < 4.78 is 5.87. The van der Waals surface area contributed by atoms with Crippen LogP contribution >= 0.6 is 0 Å². The lowest BCUT2D eigenvalue weighted by Gasteiger charge is -2.32. The lowest BCUT2D eigenvalue weighted by atomic mass is 9.94. The number of rotatable bonds is 4. The molecule has 0 spiro atoms. The van der Waals surface area contributed by atoms with E-state index in [2.05, 4.69) is 10.2 Å². The van der Waals surface area contributed by atoms with Crippen LogP contribution in [-0.2, 0) is 4.74 Å². The average molecular weight is 238 g/mol. The molecule has 3 unspecified atom stereocenters. The van der Waals surface area contributed by atoms with Gasteiger partial charge in [0.15, 0.2) is 0 Å². The molecule has 2 bridgehead atoms. The van der Waals surface area contributed by atoms with Gasteiger partial charge in [0.05, 0.1) is 12.2 Å². The van der Waals surface area contributed by atoms with E-state index in [1.807, 2.05) is 0 Å². The third-order valence-electron chi connectivity index (χ3n) is 4.60. The molecule has 3 heteroatoms. The Morgan fingerprint density at radius 2 is 1.94 bits per heavy atom. The molecular formula is C14H26N2O. The van der Waals surface area contributed by atoms with Gasteiger partial charge in [-0.15, -0.1) is 0 Å². The molecule has 3 atom stereocenters. The minimum absolute atomic E-state index is 0.560. The van der Waals surface area contributed by atoms with Crippen molar-refractivity contribution >= 4 is 0 Å². The quantitative estimate of drug-likeness (QED) is 0.805. The molecule has 3 aliphatic rings. The number of nitrogens with one attached hydrogen (secondary N) is 1. The van der Waals surface area contributed by atoms with Gasteiger partial charge in [-0.3, -0.25) is 4.90 Å². The second-order valence-corrected chi connectivity index (χ2v) is 6.07. The lowest BCUT2D eigenvalue weighted by Crippen LogP contribution is -2.43. The highest BCUT2D eigenvalue weighted by molar-refractivity contribution is 4.84. The van der Waals surface area contributed by atoms with Crippen molar-refractivity contribution in [2.75, 3.05) is 32.7 Å². The highest BCUT2D eigenvalue weighted by Gasteiger charge is 2.33. The molecular weight excluding hydrogens is 212 g/mol. The van der Waals surface area contributed by atoms with Gasteiger partial charge in [-0.25, -0.2) is 0 Å². The lowest BCUT2D eigenvalue weighted by molar-refractivity contribution is -0.0388. The Morgan fingerprint density at radius 3 is 2.65 bits per heavy atom. The van der Waals surface area contributed by atoms with E-state index >= 15 is 0 Å². The summed E-state index contributed by atoms with van der Waals surface area (Å²) in [6.07, 6.45) is 9.34. The van der Waals surface area contributed by atoms with E-state index in [0.717, 1.165) is 5.92 Å². The molecule has 17 heavy (non-hydrogen) atoms. The summed E-state index contributed by atoms with van der Waals surface area (Å²) in [4.78, 5) is 2.64. The normalized spacial score (nSPS) is 38.5. The Bertz CT molecular complexity index is 228. The van der Waals surface area contributed by atoms with Crippen molar-refractivity contribution in [1.29, 1.82) is 0 Å². The van der Waals surface area contributed by atoms with Gasteiger partial charge in [0.1, 0.15) is 0 Å². The summed E-state index contributed by atoms with van der Waals surface area (Å²) in [5.74, 6) is 0.946. The third-order valence-corrected chi connectivity index (χ3v) is 4.60. The number of ether oxygens (including phenoxy) is 1. The Morgan fingerprint density at radius 1 is 1.12 bits per heavy atom. The summed E-state index contributed by atoms with van der Waals surface area (Å²) >= 11 is 0. The van der Waals surface area contributed by atoms with Crippen LogP contribution in [0, 0.1) is 5.92 Å². The van der Waals surface area contributed by atoms with Crippen molar-refractivity contribution < 1.29 is 4.74 Å². The maximum Gasteiger partial charge on any atom is 0.0707 e. The van der Waals surface area contributed by atoms with Crippen molar-refractivity contribution in [1.82, 2.24) is 10.2 Å². The Kier molecular flexibility index (Phi) is 3.99. The van der Waals surface area contributed by atoms with Crippen LogP contribution in [0.4, 0.5) is 0 Å². The summed E-state index contributed by atoms with van der Waals surface area (Å²) in [6.45, 7) is 6.18. The van der Waals surface area contributed by atoms with E-state index in [0.29, 0.717) is 12.2 Å². The van der Waals surface area contributed by atoms with E-state index < -0.39 is 0 Å². The zero-order valence-electron chi connectivity index (χ0n) is 10.9. The van der Waals surface area contributed by atoms with Crippen molar-refractivity contribution in [3.63, 3.8) is 0 Å². The van der Waals surface area contributed by atoms with E-state index in [1.54, 1.807) is 0 Å². The Hall–Kier alpha value is -0.120. The van der Waals surface area contributed by atoms with Gasteiger partial charge in [0.2, 0.25) is 0 Å². The SMILES string of the molecule is C1CNCC(CCCN2CC3CCC(C2)O3)C1. The van der Waals surface area contributed by atoms with Gasteiger partial charge in [-0.05, 0) is 64.1 Å². The minimum atomic E-state index is 0.560. The molecule has 0 radical (unpaired) electrons. The van der Waals surface area contributed by atoms with Gasteiger partial charge in [-0.2, -0.15) is 0 Å². The summed E-state index contributed by atoms with van der Waals surface area (Å²) in [6, 6.07) is 0. The van der Waals surface area contributed by atoms with Crippen LogP contribution in [0.25, 0.3) is 0 Å². The van der Waals surface area contributed by atoms with Gasteiger partial charge in [0.25, 0.3) is 0 Å². The highest BCUT2D eigenvalue weighted by atomic mass is 16.5. The fourth-order valence-corrected chi connectivity index (χ4v) is 3.66. The number of likely N-dealkylation sites (tertiary alicyclic amines) is 1. The first-order valence-electron chi connectivity index (χ1n) is 7.48. The first-order valence-corrected chi connectivity index (χ1v) is 7.48. The zero-order chi connectivity index (χ0) is 11.5.